The number of rotatable bonds is 6. The van der Waals surface area contributed by atoms with Crippen LogP contribution in [0.1, 0.15) is 16.7 Å². The number of hydrogen-bond donors (Lipinski definition) is 1. The van der Waals surface area contributed by atoms with Crippen molar-refractivity contribution in [1.82, 2.24) is 4.98 Å². The summed E-state index contributed by atoms with van der Waals surface area (Å²) < 4.78 is 11.5. The van der Waals surface area contributed by atoms with Gasteiger partial charge in [0.25, 0.3) is 0 Å². The fourth-order valence-corrected chi connectivity index (χ4v) is 3.94. The summed E-state index contributed by atoms with van der Waals surface area (Å²) >= 11 is 0. The number of ether oxygens (including phenoxy) is 2. The first-order valence-corrected chi connectivity index (χ1v) is 10.8. The topological polar surface area (TPSA) is 51.3 Å². The van der Waals surface area contributed by atoms with E-state index in [2.05, 4.69) is 4.98 Å². The number of para-hydroxylation sites is 2. The summed E-state index contributed by atoms with van der Waals surface area (Å²) in [5.41, 5.74) is 4.70. The molecule has 1 aromatic heterocycles. The molecule has 4 aromatic carbocycles. The van der Waals surface area contributed by atoms with Crippen molar-refractivity contribution in [3.8, 4) is 11.5 Å². The van der Waals surface area contributed by atoms with Gasteiger partial charge in [-0.3, -0.25) is 4.79 Å². The lowest BCUT2D eigenvalue weighted by Gasteiger charge is -2.11. The van der Waals surface area contributed by atoms with Crippen molar-refractivity contribution in [3.63, 3.8) is 0 Å². The van der Waals surface area contributed by atoms with Crippen LogP contribution in [-0.4, -0.2) is 12.1 Å². The fraction of sp³-hybridized carbons (Fsp3) is 0.0690. The van der Waals surface area contributed by atoms with E-state index in [4.69, 9.17) is 9.47 Å². The molecular formula is C29H23NO3. The van der Waals surface area contributed by atoms with E-state index in [1.165, 1.54) is 0 Å². The van der Waals surface area contributed by atoms with E-state index in [0.717, 1.165) is 27.7 Å². The molecule has 0 aliphatic rings. The molecule has 0 amide bonds. The van der Waals surface area contributed by atoms with Gasteiger partial charge in [-0.1, -0.05) is 72.8 Å². The lowest BCUT2D eigenvalue weighted by molar-refractivity contribution is 0.284. The van der Waals surface area contributed by atoms with Crippen LogP contribution in [0.25, 0.3) is 34.0 Å². The molecule has 0 bridgehead atoms. The van der Waals surface area contributed by atoms with Crippen molar-refractivity contribution in [2.24, 2.45) is 0 Å². The third kappa shape index (κ3) is 4.23. The Morgan fingerprint density at radius 2 is 1.58 bits per heavy atom. The van der Waals surface area contributed by atoms with E-state index in [1.807, 2.05) is 103 Å². The predicted molar refractivity (Wildman–Crippen MR) is 135 cm³/mol. The highest BCUT2D eigenvalue weighted by Crippen LogP contribution is 2.30. The van der Waals surface area contributed by atoms with Crippen LogP contribution in [-0.2, 0) is 6.61 Å². The number of hydrogen-bond acceptors (Lipinski definition) is 3. The second-order valence-electron chi connectivity index (χ2n) is 7.79. The summed E-state index contributed by atoms with van der Waals surface area (Å²) in [4.78, 5) is 16.4. The molecule has 0 fully saturated rings. The molecule has 0 aliphatic carbocycles. The average Bonchev–Trinajstić information content (AvgIpc) is 2.87. The molecule has 0 aliphatic heterocycles. The Morgan fingerprint density at radius 3 is 2.42 bits per heavy atom. The van der Waals surface area contributed by atoms with Crippen LogP contribution in [0.2, 0.25) is 0 Å². The first kappa shape index (κ1) is 20.6. The van der Waals surface area contributed by atoms with Crippen molar-refractivity contribution >= 4 is 34.0 Å². The van der Waals surface area contributed by atoms with Crippen LogP contribution in [0.15, 0.2) is 95.8 Å². The summed E-state index contributed by atoms with van der Waals surface area (Å²) in [6.45, 7) is 0.460. The minimum atomic E-state index is 0.0376. The summed E-state index contributed by atoms with van der Waals surface area (Å²) in [6, 6.07) is 29.2. The molecule has 1 N–H and O–H groups in total. The second kappa shape index (κ2) is 9.05. The predicted octanol–water partition coefficient (Wildman–Crippen LogP) is 6.44. The maximum Gasteiger partial charge on any atom is 0.197 e. The third-order valence-corrected chi connectivity index (χ3v) is 5.65. The van der Waals surface area contributed by atoms with Crippen molar-refractivity contribution < 1.29 is 9.47 Å². The smallest absolute Gasteiger partial charge is 0.197 e. The lowest BCUT2D eigenvalue weighted by atomic mass is 10.0. The molecule has 0 spiro atoms. The highest BCUT2D eigenvalue weighted by molar-refractivity contribution is 5.97. The molecule has 4 heteroatoms. The minimum absolute atomic E-state index is 0.0376. The van der Waals surface area contributed by atoms with Gasteiger partial charge in [-0.05, 0) is 47.0 Å². The Labute approximate surface area is 191 Å². The Kier molecular flexibility index (Phi) is 5.64. The number of nitrogens with one attached hydrogen (secondary N) is 1. The second-order valence-corrected chi connectivity index (χ2v) is 7.79. The molecule has 162 valence electrons. The van der Waals surface area contributed by atoms with Gasteiger partial charge in [0.15, 0.2) is 16.9 Å². The van der Waals surface area contributed by atoms with Crippen molar-refractivity contribution in [1.29, 1.82) is 0 Å². The Morgan fingerprint density at radius 1 is 0.788 bits per heavy atom. The number of aromatic amines is 1. The lowest BCUT2D eigenvalue weighted by Crippen LogP contribution is -2.04. The van der Waals surface area contributed by atoms with Gasteiger partial charge in [0.05, 0.1) is 12.6 Å². The maximum absolute atomic E-state index is 12.9. The standard InChI is InChI=1S/C29H23NO3/c1-32-26-17-15-20(18-27(26)33-19-21-8-3-2-4-9-21)14-16-22-10-7-12-24-28(22)30-25-13-6-5-11-23(25)29(24)31/h2-18H,19H2,1H3,(H,30,31)/b16-14+. The Hall–Kier alpha value is -4.31. The molecule has 5 aromatic rings. The molecule has 1 heterocycles. The minimum Gasteiger partial charge on any atom is -0.493 e. The zero-order valence-corrected chi connectivity index (χ0v) is 18.2. The van der Waals surface area contributed by atoms with E-state index >= 15 is 0 Å². The summed E-state index contributed by atoms with van der Waals surface area (Å²) in [5.74, 6) is 1.37. The molecule has 0 saturated heterocycles. The Balaban J connectivity index is 1.48. The summed E-state index contributed by atoms with van der Waals surface area (Å²) in [5, 5.41) is 1.37. The largest absolute Gasteiger partial charge is 0.493 e. The molecule has 33 heavy (non-hydrogen) atoms. The average molecular weight is 434 g/mol. The van der Waals surface area contributed by atoms with Crippen molar-refractivity contribution in [3.05, 3.63) is 118 Å². The van der Waals surface area contributed by atoms with Crippen LogP contribution < -0.4 is 14.9 Å². The first-order valence-electron chi connectivity index (χ1n) is 10.8. The van der Waals surface area contributed by atoms with Gasteiger partial charge in [0.1, 0.15) is 6.61 Å². The number of H-pyrrole nitrogens is 1. The first-order chi connectivity index (χ1) is 16.2. The van der Waals surface area contributed by atoms with Crippen LogP contribution in [0.3, 0.4) is 0 Å². The molecule has 0 saturated carbocycles. The van der Waals surface area contributed by atoms with E-state index in [9.17, 15) is 4.79 Å². The van der Waals surface area contributed by atoms with E-state index in [-0.39, 0.29) is 5.43 Å². The van der Waals surface area contributed by atoms with Crippen LogP contribution >= 0.6 is 0 Å². The van der Waals surface area contributed by atoms with Crippen LogP contribution in [0, 0.1) is 0 Å². The van der Waals surface area contributed by atoms with Gasteiger partial charge in [-0.25, -0.2) is 0 Å². The van der Waals surface area contributed by atoms with Crippen LogP contribution in [0.4, 0.5) is 0 Å². The number of fused-ring (bicyclic) bond motifs is 2. The monoisotopic (exact) mass is 433 g/mol. The quantitative estimate of drug-likeness (QED) is 0.248. The zero-order chi connectivity index (χ0) is 22.6. The highest BCUT2D eigenvalue weighted by Gasteiger charge is 2.08. The number of pyridine rings is 1. The van der Waals surface area contributed by atoms with Gasteiger partial charge in [-0.2, -0.15) is 0 Å². The number of benzene rings is 4. The highest BCUT2D eigenvalue weighted by atomic mass is 16.5. The van der Waals surface area contributed by atoms with Crippen molar-refractivity contribution in [2.75, 3.05) is 7.11 Å². The summed E-state index contributed by atoms with van der Waals surface area (Å²) in [6.07, 6.45) is 4.02. The maximum atomic E-state index is 12.9. The fourth-order valence-electron chi connectivity index (χ4n) is 3.94. The van der Waals surface area contributed by atoms with Crippen LogP contribution in [0.5, 0.6) is 11.5 Å². The Bertz CT molecular complexity index is 1520. The summed E-state index contributed by atoms with van der Waals surface area (Å²) in [7, 11) is 1.64. The molecule has 0 unspecified atom stereocenters. The molecule has 4 nitrogen and oxygen atoms in total. The van der Waals surface area contributed by atoms with Gasteiger partial charge in [0.2, 0.25) is 0 Å². The number of aromatic nitrogens is 1. The SMILES string of the molecule is COc1ccc(/C=C/c2cccc3c(=O)c4ccccc4[nH]c23)cc1OCc1ccccc1. The molecular weight excluding hydrogens is 410 g/mol. The molecule has 0 radical (unpaired) electrons. The molecule has 5 rings (SSSR count). The van der Waals surface area contributed by atoms with E-state index < -0.39 is 0 Å². The van der Waals surface area contributed by atoms with E-state index in [1.54, 1.807) is 7.11 Å². The van der Waals surface area contributed by atoms with E-state index in [0.29, 0.717) is 28.9 Å². The van der Waals surface area contributed by atoms with Gasteiger partial charge in [0, 0.05) is 16.3 Å². The normalized spacial score (nSPS) is 11.3. The number of methoxy groups -OCH3 is 1. The van der Waals surface area contributed by atoms with Gasteiger partial charge in [-0.15, -0.1) is 0 Å². The third-order valence-electron chi connectivity index (χ3n) is 5.65. The van der Waals surface area contributed by atoms with Gasteiger partial charge < -0.3 is 14.5 Å². The zero-order valence-electron chi connectivity index (χ0n) is 18.2. The van der Waals surface area contributed by atoms with Gasteiger partial charge >= 0.3 is 0 Å². The molecule has 0 atom stereocenters. The van der Waals surface area contributed by atoms with Crippen molar-refractivity contribution in [2.45, 2.75) is 6.61 Å².